The Morgan fingerprint density at radius 1 is 1.14 bits per heavy atom. The molecule has 1 amide bonds. The molecule has 4 rings (SSSR count). The lowest BCUT2D eigenvalue weighted by Gasteiger charge is -2.32. The number of ether oxygens (including phenoxy) is 1. The van der Waals surface area contributed by atoms with Crippen LogP contribution in [0.15, 0.2) is 55.1 Å². The zero-order valence-electron chi connectivity index (χ0n) is 15.7. The van der Waals surface area contributed by atoms with E-state index in [-0.39, 0.29) is 18.6 Å². The Hall–Kier alpha value is -2.57. The molecule has 8 heteroatoms. The highest BCUT2D eigenvalue weighted by Gasteiger charge is 2.26. The molecule has 1 aliphatic heterocycles. The van der Waals surface area contributed by atoms with Gasteiger partial charge in [-0.15, -0.1) is 0 Å². The van der Waals surface area contributed by atoms with E-state index < -0.39 is 0 Å². The smallest absolute Gasteiger partial charge is 0.257 e. The summed E-state index contributed by atoms with van der Waals surface area (Å²) in [5, 5.41) is 5.32. The number of carbonyl (C=O) groups excluding carboxylic acids is 1. The van der Waals surface area contributed by atoms with Gasteiger partial charge >= 0.3 is 0 Å². The van der Waals surface area contributed by atoms with Crippen molar-refractivity contribution in [2.24, 2.45) is 0 Å². The predicted octanol–water partition coefficient (Wildman–Crippen LogP) is 4.64. The maximum absolute atomic E-state index is 13.1. The summed E-state index contributed by atoms with van der Waals surface area (Å²) in [6, 6.07) is 12.8. The fraction of sp³-hybridized carbons (Fsp3) is 0.286. The molecule has 2 heterocycles. The van der Waals surface area contributed by atoms with Gasteiger partial charge in [0, 0.05) is 28.7 Å². The molecule has 0 spiro atoms. The molecule has 1 fully saturated rings. The van der Waals surface area contributed by atoms with Crippen molar-refractivity contribution in [2.75, 3.05) is 13.1 Å². The van der Waals surface area contributed by atoms with Crippen molar-refractivity contribution >= 4 is 29.1 Å². The minimum atomic E-state index is -0.0279. The fourth-order valence-electron chi connectivity index (χ4n) is 3.47. The number of rotatable bonds is 5. The van der Waals surface area contributed by atoms with Gasteiger partial charge in [0.25, 0.3) is 5.91 Å². The van der Waals surface area contributed by atoms with Gasteiger partial charge in [-0.25, -0.2) is 9.67 Å². The molecule has 0 aliphatic carbocycles. The summed E-state index contributed by atoms with van der Waals surface area (Å²) in [5.41, 5.74) is 1.36. The van der Waals surface area contributed by atoms with E-state index in [0.29, 0.717) is 34.4 Å². The molecule has 1 aromatic heterocycles. The molecule has 0 radical (unpaired) electrons. The van der Waals surface area contributed by atoms with Crippen LogP contribution in [0.3, 0.4) is 0 Å². The summed E-state index contributed by atoms with van der Waals surface area (Å²) in [6.45, 7) is 1.59. The molecule has 1 aliphatic rings. The fourth-order valence-corrected chi connectivity index (χ4v) is 3.94. The lowest BCUT2D eigenvalue weighted by atomic mass is 10.0. The maximum atomic E-state index is 13.1. The van der Waals surface area contributed by atoms with Crippen molar-refractivity contribution in [1.29, 1.82) is 0 Å². The van der Waals surface area contributed by atoms with Gasteiger partial charge in [-0.3, -0.25) is 4.79 Å². The maximum Gasteiger partial charge on any atom is 0.257 e. The van der Waals surface area contributed by atoms with E-state index in [2.05, 4.69) is 10.1 Å². The van der Waals surface area contributed by atoms with Crippen LogP contribution in [0.25, 0.3) is 0 Å². The van der Waals surface area contributed by atoms with Crippen LogP contribution < -0.4 is 4.74 Å². The number of likely N-dealkylation sites (tertiary alicyclic amines) is 1. The van der Waals surface area contributed by atoms with E-state index in [1.165, 1.54) is 6.33 Å². The molecular formula is C21H20Cl2N4O2. The molecule has 0 unspecified atom stereocenters. The van der Waals surface area contributed by atoms with E-state index in [9.17, 15) is 4.79 Å². The van der Waals surface area contributed by atoms with E-state index in [1.807, 2.05) is 27.8 Å². The Morgan fingerprint density at radius 3 is 2.66 bits per heavy atom. The third kappa shape index (κ3) is 4.54. The first-order chi connectivity index (χ1) is 14.1. The molecule has 6 nitrogen and oxygen atoms in total. The van der Waals surface area contributed by atoms with Crippen LogP contribution in [0.1, 0.15) is 34.8 Å². The number of halogens is 2. The summed E-state index contributed by atoms with van der Waals surface area (Å²) in [5.74, 6) is 0.516. The summed E-state index contributed by atoms with van der Waals surface area (Å²) in [7, 11) is 0. The molecular weight excluding hydrogens is 411 g/mol. The van der Waals surface area contributed by atoms with E-state index in [1.54, 1.807) is 30.6 Å². The zero-order valence-corrected chi connectivity index (χ0v) is 17.2. The Bertz CT molecular complexity index is 986. The molecule has 0 atom stereocenters. The molecule has 3 aromatic rings. The quantitative estimate of drug-likeness (QED) is 0.591. The Labute approximate surface area is 179 Å². The second-order valence-corrected chi connectivity index (χ2v) is 7.76. The molecule has 150 valence electrons. The number of nitrogens with zero attached hydrogens (tertiary/aromatic N) is 4. The van der Waals surface area contributed by atoms with Crippen molar-refractivity contribution < 1.29 is 9.53 Å². The minimum absolute atomic E-state index is 0.0279. The summed E-state index contributed by atoms with van der Waals surface area (Å²) in [4.78, 5) is 19.0. The second kappa shape index (κ2) is 8.84. The molecule has 29 heavy (non-hydrogen) atoms. The van der Waals surface area contributed by atoms with E-state index in [0.717, 1.165) is 18.4 Å². The number of hydrogen-bond donors (Lipinski definition) is 0. The minimum Gasteiger partial charge on any atom is -0.488 e. The predicted molar refractivity (Wildman–Crippen MR) is 111 cm³/mol. The highest BCUT2D eigenvalue weighted by atomic mass is 35.5. The number of amides is 1. The van der Waals surface area contributed by atoms with Crippen LogP contribution in [-0.4, -0.2) is 38.7 Å². The van der Waals surface area contributed by atoms with Crippen LogP contribution in [0.2, 0.25) is 10.0 Å². The summed E-state index contributed by atoms with van der Waals surface area (Å²) < 4.78 is 7.81. The van der Waals surface area contributed by atoms with Gasteiger partial charge in [0.2, 0.25) is 0 Å². The van der Waals surface area contributed by atoms with Crippen LogP contribution in [-0.2, 0) is 6.61 Å². The van der Waals surface area contributed by atoms with E-state index in [4.69, 9.17) is 27.9 Å². The van der Waals surface area contributed by atoms with Gasteiger partial charge < -0.3 is 9.64 Å². The first-order valence-electron chi connectivity index (χ1n) is 9.41. The SMILES string of the molecule is O=C(c1ccccc1OCc1ccc(Cl)cc1Cl)N1CCC(n2cncn2)CC1. The number of piperidine rings is 1. The molecule has 0 bridgehead atoms. The zero-order chi connectivity index (χ0) is 20.2. The van der Waals surface area contributed by atoms with E-state index >= 15 is 0 Å². The van der Waals surface area contributed by atoms with Gasteiger partial charge in [-0.05, 0) is 37.1 Å². The van der Waals surface area contributed by atoms with Gasteiger partial charge in [-0.1, -0.05) is 41.4 Å². The third-order valence-corrected chi connectivity index (χ3v) is 5.67. The standard InChI is InChI=1S/C21H20Cl2N4O2/c22-16-6-5-15(19(23)11-16)12-29-20-4-2-1-3-18(20)21(28)26-9-7-17(8-10-26)27-14-24-13-25-27/h1-6,11,13-14,17H,7-10,12H2. The lowest BCUT2D eigenvalue weighted by molar-refractivity contribution is 0.0685. The van der Waals surface area contributed by atoms with Gasteiger partial charge in [-0.2, -0.15) is 5.10 Å². The van der Waals surface area contributed by atoms with Gasteiger partial charge in [0.05, 0.1) is 11.6 Å². The number of carbonyl (C=O) groups is 1. The first kappa shape index (κ1) is 19.7. The molecule has 2 aromatic carbocycles. The average molecular weight is 431 g/mol. The van der Waals surface area contributed by atoms with Crippen molar-refractivity contribution in [3.8, 4) is 5.75 Å². The number of hydrogen-bond acceptors (Lipinski definition) is 4. The summed E-state index contributed by atoms with van der Waals surface area (Å²) in [6.07, 6.45) is 4.96. The van der Waals surface area contributed by atoms with Crippen LogP contribution >= 0.6 is 23.2 Å². The number of aromatic nitrogens is 3. The van der Waals surface area contributed by atoms with Crippen LogP contribution in [0.5, 0.6) is 5.75 Å². The third-order valence-electron chi connectivity index (χ3n) is 5.08. The highest BCUT2D eigenvalue weighted by Crippen LogP contribution is 2.27. The van der Waals surface area contributed by atoms with Crippen LogP contribution in [0.4, 0.5) is 0 Å². The van der Waals surface area contributed by atoms with Gasteiger partial charge in [0.15, 0.2) is 0 Å². The largest absolute Gasteiger partial charge is 0.488 e. The lowest BCUT2D eigenvalue weighted by Crippen LogP contribution is -2.39. The van der Waals surface area contributed by atoms with Crippen molar-refractivity contribution in [3.05, 3.63) is 76.3 Å². The Morgan fingerprint density at radius 2 is 1.93 bits per heavy atom. The topological polar surface area (TPSA) is 60.2 Å². The number of benzene rings is 2. The first-order valence-corrected chi connectivity index (χ1v) is 10.2. The second-order valence-electron chi connectivity index (χ2n) is 6.92. The Kier molecular flexibility index (Phi) is 6.02. The van der Waals surface area contributed by atoms with Gasteiger partial charge in [0.1, 0.15) is 25.0 Å². The Balaban J connectivity index is 1.43. The van der Waals surface area contributed by atoms with Crippen molar-refractivity contribution in [2.45, 2.75) is 25.5 Å². The van der Waals surface area contributed by atoms with Crippen LogP contribution in [0, 0.1) is 0 Å². The number of para-hydroxylation sites is 1. The highest BCUT2D eigenvalue weighted by molar-refractivity contribution is 6.35. The van der Waals surface area contributed by atoms with Crippen molar-refractivity contribution in [1.82, 2.24) is 19.7 Å². The monoisotopic (exact) mass is 430 g/mol. The normalized spacial score (nSPS) is 14.8. The molecule has 1 saturated heterocycles. The summed E-state index contributed by atoms with van der Waals surface area (Å²) >= 11 is 12.2. The molecule has 0 saturated carbocycles. The van der Waals surface area contributed by atoms with Crippen molar-refractivity contribution in [3.63, 3.8) is 0 Å². The average Bonchev–Trinajstić information content (AvgIpc) is 3.28. The molecule has 0 N–H and O–H groups in total.